The van der Waals surface area contributed by atoms with Gasteiger partial charge in [-0.25, -0.2) is 0 Å². The number of piperazine rings is 1. The van der Waals surface area contributed by atoms with Gasteiger partial charge in [-0.05, 0) is 25.2 Å². The van der Waals surface area contributed by atoms with Crippen molar-refractivity contribution in [3.05, 3.63) is 0 Å². The van der Waals surface area contributed by atoms with Crippen LogP contribution in [0.5, 0.6) is 0 Å². The fourth-order valence-electron chi connectivity index (χ4n) is 3.26. The highest BCUT2D eigenvalue weighted by Crippen LogP contribution is 2.30. The van der Waals surface area contributed by atoms with Gasteiger partial charge >= 0.3 is 0 Å². The Morgan fingerprint density at radius 2 is 1.71 bits per heavy atom. The Hall–Kier alpha value is -1.06. The average Bonchev–Trinajstić information content (AvgIpc) is 2.46. The lowest BCUT2D eigenvalue weighted by molar-refractivity contribution is -0.159. The van der Waals surface area contributed by atoms with Crippen molar-refractivity contribution in [2.24, 2.45) is 5.92 Å². The maximum absolute atomic E-state index is 12.8. The molecular formula is C17H32N2O2. The van der Waals surface area contributed by atoms with Gasteiger partial charge in [-0.15, -0.1) is 0 Å². The maximum atomic E-state index is 12.8. The summed E-state index contributed by atoms with van der Waals surface area (Å²) in [6.07, 6.45) is 5.83. The third-order valence-corrected chi connectivity index (χ3v) is 4.83. The Bertz CT molecular complexity index is 362. The Morgan fingerprint density at radius 3 is 2.19 bits per heavy atom. The number of amides is 2. The van der Waals surface area contributed by atoms with E-state index in [0.717, 1.165) is 12.8 Å². The molecule has 122 valence electrons. The third-order valence-electron chi connectivity index (χ3n) is 4.83. The van der Waals surface area contributed by atoms with Gasteiger partial charge in [0.15, 0.2) is 0 Å². The van der Waals surface area contributed by atoms with Gasteiger partial charge in [0.2, 0.25) is 11.8 Å². The molecule has 1 unspecified atom stereocenters. The van der Waals surface area contributed by atoms with Gasteiger partial charge in [0.05, 0.1) is 0 Å². The third kappa shape index (κ3) is 3.58. The van der Waals surface area contributed by atoms with Crippen molar-refractivity contribution in [3.8, 4) is 0 Å². The van der Waals surface area contributed by atoms with Gasteiger partial charge in [-0.2, -0.15) is 0 Å². The van der Waals surface area contributed by atoms with Crippen molar-refractivity contribution in [1.29, 1.82) is 0 Å². The molecule has 1 aliphatic rings. The number of hydrogen-bond donors (Lipinski definition) is 1. The molecule has 0 spiro atoms. The summed E-state index contributed by atoms with van der Waals surface area (Å²) < 4.78 is 0. The van der Waals surface area contributed by atoms with Crippen molar-refractivity contribution in [2.45, 2.75) is 84.7 Å². The Kier molecular flexibility index (Phi) is 6.69. The van der Waals surface area contributed by atoms with Crippen molar-refractivity contribution >= 4 is 11.8 Å². The predicted octanol–water partition coefficient (Wildman–Crippen LogP) is 3.11. The van der Waals surface area contributed by atoms with Gasteiger partial charge in [0.25, 0.3) is 0 Å². The standard InChI is InChI=1S/C17H32N2O2/c1-6-9-10-11-12-19-15(20)14(13(4)5)18-16(21)17(19,7-2)8-3/h13-14H,6-12H2,1-5H3,(H,18,21). The van der Waals surface area contributed by atoms with Crippen LogP contribution < -0.4 is 5.32 Å². The molecule has 0 saturated carbocycles. The molecule has 1 saturated heterocycles. The molecule has 1 aliphatic heterocycles. The lowest BCUT2D eigenvalue weighted by atomic mass is 9.83. The summed E-state index contributed by atoms with van der Waals surface area (Å²) in [6.45, 7) is 10.9. The van der Waals surface area contributed by atoms with E-state index in [1.54, 1.807) is 0 Å². The predicted molar refractivity (Wildman–Crippen MR) is 85.9 cm³/mol. The molecule has 1 N–H and O–H groups in total. The molecule has 4 heteroatoms. The van der Waals surface area contributed by atoms with Gasteiger partial charge in [-0.1, -0.05) is 53.9 Å². The topological polar surface area (TPSA) is 49.4 Å². The summed E-state index contributed by atoms with van der Waals surface area (Å²) in [5.41, 5.74) is -0.644. The highest BCUT2D eigenvalue weighted by Gasteiger charge is 2.50. The van der Waals surface area contributed by atoms with Gasteiger partial charge in [-0.3, -0.25) is 9.59 Å². The lowest BCUT2D eigenvalue weighted by Crippen LogP contribution is -2.71. The van der Waals surface area contributed by atoms with E-state index in [1.807, 2.05) is 32.6 Å². The van der Waals surface area contributed by atoms with Crippen LogP contribution in [0.15, 0.2) is 0 Å². The Labute approximate surface area is 129 Å². The number of rotatable bonds is 8. The first kappa shape index (κ1) is 18.0. The molecule has 0 aromatic heterocycles. The minimum atomic E-state index is -0.644. The molecule has 0 aromatic rings. The zero-order valence-corrected chi connectivity index (χ0v) is 14.4. The van der Waals surface area contributed by atoms with E-state index in [0.29, 0.717) is 19.4 Å². The first-order valence-electron chi connectivity index (χ1n) is 8.57. The molecule has 1 fully saturated rings. The van der Waals surface area contributed by atoms with Crippen LogP contribution in [-0.4, -0.2) is 34.8 Å². The lowest BCUT2D eigenvalue weighted by Gasteiger charge is -2.48. The Balaban J connectivity index is 2.95. The highest BCUT2D eigenvalue weighted by atomic mass is 16.2. The quantitative estimate of drug-likeness (QED) is 0.700. The summed E-state index contributed by atoms with van der Waals surface area (Å²) >= 11 is 0. The van der Waals surface area contributed by atoms with Crippen LogP contribution in [0, 0.1) is 5.92 Å². The SMILES string of the molecule is CCCCCCN1C(=O)C(C(C)C)NC(=O)C1(CC)CC. The molecule has 0 aromatic carbocycles. The number of hydrogen-bond acceptors (Lipinski definition) is 2. The van der Waals surface area contributed by atoms with Crippen LogP contribution in [0.2, 0.25) is 0 Å². The van der Waals surface area contributed by atoms with Crippen molar-refractivity contribution in [2.75, 3.05) is 6.54 Å². The van der Waals surface area contributed by atoms with Crippen molar-refractivity contribution in [3.63, 3.8) is 0 Å². The minimum absolute atomic E-state index is 0.0290. The van der Waals surface area contributed by atoms with E-state index >= 15 is 0 Å². The fourth-order valence-corrected chi connectivity index (χ4v) is 3.26. The van der Waals surface area contributed by atoms with E-state index in [-0.39, 0.29) is 23.8 Å². The second kappa shape index (κ2) is 7.81. The second-order valence-corrected chi connectivity index (χ2v) is 6.48. The molecule has 0 aliphatic carbocycles. The van der Waals surface area contributed by atoms with E-state index in [1.165, 1.54) is 12.8 Å². The van der Waals surface area contributed by atoms with Crippen LogP contribution >= 0.6 is 0 Å². The summed E-state index contributed by atoms with van der Waals surface area (Å²) in [5, 5.41) is 2.96. The summed E-state index contributed by atoms with van der Waals surface area (Å²) in [7, 11) is 0. The Morgan fingerprint density at radius 1 is 1.10 bits per heavy atom. The van der Waals surface area contributed by atoms with Gasteiger partial charge in [0.1, 0.15) is 11.6 Å². The number of nitrogens with one attached hydrogen (secondary N) is 1. The monoisotopic (exact) mass is 296 g/mol. The van der Waals surface area contributed by atoms with E-state index in [4.69, 9.17) is 0 Å². The van der Waals surface area contributed by atoms with Crippen molar-refractivity contribution < 1.29 is 9.59 Å². The van der Waals surface area contributed by atoms with E-state index < -0.39 is 5.54 Å². The average molecular weight is 296 g/mol. The smallest absolute Gasteiger partial charge is 0.246 e. The second-order valence-electron chi connectivity index (χ2n) is 6.48. The molecule has 1 atom stereocenters. The van der Waals surface area contributed by atoms with Crippen LogP contribution in [0.3, 0.4) is 0 Å². The highest BCUT2D eigenvalue weighted by molar-refractivity contribution is 5.99. The summed E-state index contributed by atoms with van der Waals surface area (Å²) in [4.78, 5) is 27.3. The minimum Gasteiger partial charge on any atom is -0.342 e. The fraction of sp³-hybridized carbons (Fsp3) is 0.882. The molecule has 1 rings (SSSR count). The summed E-state index contributed by atoms with van der Waals surface area (Å²) in [5.74, 6) is 0.261. The maximum Gasteiger partial charge on any atom is 0.246 e. The first-order chi connectivity index (χ1) is 9.94. The number of nitrogens with zero attached hydrogens (tertiary/aromatic N) is 1. The number of carbonyl (C=O) groups excluding carboxylic acids is 2. The number of carbonyl (C=O) groups is 2. The van der Waals surface area contributed by atoms with Crippen molar-refractivity contribution in [1.82, 2.24) is 10.2 Å². The molecule has 0 radical (unpaired) electrons. The van der Waals surface area contributed by atoms with E-state index in [2.05, 4.69) is 12.2 Å². The molecule has 0 bridgehead atoms. The normalized spacial score (nSPS) is 21.8. The molecule has 21 heavy (non-hydrogen) atoms. The van der Waals surface area contributed by atoms with Gasteiger partial charge in [0, 0.05) is 6.54 Å². The summed E-state index contributed by atoms with van der Waals surface area (Å²) in [6, 6.07) is -0.366. The van der Waals surface area contributed by atoms with Gasteiger partial charge < -0.3 is 10.2 Å². The van der Waals surface area contributed by atoms with Crippen LogP contribution in [0.25, 0.3) is 0 Å². The van der Waals surface area contributed by atoms with Crippen LogP contribution in [0.4, 0.5) is 0 Å². The molecule has 4 nitrogen and oxygen atoms in total. The first-order valence-corrected chi connectivity index (χ1v) is 8.57. The van der Waals surface area contributed by atoms with Crippen LogP contribution in [0.1, 0.15) is 73.1 Å². The van der Waals surface area contributed by atoms with Crippen LogP contribution in [-0.2, 0) is 9.59 Å². The van der Waals surface area contributed by atoms with E-state index in [9.17, 15) is 9.59 Å². The largest absolute Gasteiger partial charge is 0.342 e. The zero-order valence-electron chi connectivity index (χ0n) is 14.4. The zero-order chi connectivity index (χ0) is 16.0. The molecule has 2 amide bonds. The molecular weight excluding hydrogens is 264 g/mol. The number of unbranched alkanes of at least 4 members (excludes halogenated alkanes) is 3. The molecule has 1 heterocycles.